The van der Waals surface area contributed by atoms with Crippen LogP contribution >= 0.6 is 15.9 Å². The molecule has 2 aromatic rings. The van der Waals surface area contributed by atoms with E-state index in [1.165, 1.54) is 12.5 Å². The predicted molar refractivity (Wildman–Crippen MR) is 79.1 cm³/mol. The van der Waals surface area contributed by atoms with Gasteiger partial charge in [0.25, 0.3) is 11.5 Å². The van der Waals surface area contributed by atoms with E-state index in [1.54, 1.807) is 31.1 Å². The molecular weight excluding hydrogens is 326 g/mol. The van der Waals surface area contributed by atoms with E-state index in [2.05, 4.69) is 36.2 Å². The Labute approximate surface area is 123 Å². The van der Waals surface area contributed by atoms with Gasteiger partial charge in [-0.15, -0.1) is 0 Å². The van der Waals surface area contributed by atoms with Crippen molar-refractivity contribution in [3.05, 3.63) is 45.2 Å². The quantitative estimate of drug-likeness (QED) is 0.879. The molecule has 0 aliphatic rings. The van der Waals surface area contributed by atoms with Crippen LogP contribution in [0.1, 0.15) is 10.5 Å². The number of anilines is 2. The number of hydrogen-bond acceptors (Lipinski definition) is 5. The minimum Gasteiger partial charge on any atom is -0.361 e. The second kappa shape index (κ2) is 5.83. The highest BCUT2D eigenvalue weighted by molar-refractivity contribution is 9.10. The van der Waals surface area contributed by atoms with Gasteiger partial charge in [-0.25, -0.2) is 9.97 Å². The van der Waals surface area contributed by atoms with Gasteiger partial charge in [0.15, 0.2) is 11.5 Å². The van der Waals surface area contributed by atoms with Crippen LogP contribution < -0.4 is 15.8 Å². The first-order chi connectivity index (χ1) is 9.50. The van der Waals surface area contributed by atoms with Crippen LogP contribution in [0.4, 0.5) is 11.5 Å². The fourth-order valence-electron chi connectivity index (χ4n) is 1.57. The zero-order valence-corrected chi connectivity index (χ0v) is 12.4. The Kier molecular flexibility index (Phi) is 4.14. The molecule has 8 heteroatoms. The SMILES string of the molecule is CN(C)c1nc[nH]c(=O)c1NC(=O)c1ncccc1Br. The molecule has 20 heavy (non-hydrogen) atoms. The van der Waals surface area contributed by atoms with Gasteiger partial charge < -0.3 is 15.2 Å². The molecule has 0 saturated carbocycles. The van der Waals surface area contributed by atoms with E-state index in [1.807, 2.05) is 0 Å². The summed E-state index contributed by atoms with van der Waals surface area (Å²) < 4.78 is 0.546. The molecule has 0 aliphatic heterocycles. The van der Waals surface area contributed by atoms with Gasteiger partial charge in [-0.05, 0) is 28.1 Å². The highest BCUT2D eigenvalue weighted by atomic mass is 79.9. The van der Waals surface area contributed by atoms with Crippen molar-refractivity contribution in [2.45, 2.75) is 0 Å². The molecule has 0 atom stereocenters. The molecule has 2 N–H and O–H groups in total. The molecule has 2 aromatic heterocycles. The largest absolute Gasteiger partial charge is 0.361 e. The van der Waals surface area contributed by atoms with Gasteiger partial charge in [-0.2, -0.15) is 0 Å². The van der Waals surface area contributed by atoms with Crippen LogP contribution in [0.5, 0.6) is 0 Å². The monoisotopic (exact) mass is 337 g/mol. The molecule has 0 radical (unpaired) electrons. The number of carbonyl (C=O) groups is 1. The molecular formula is C12H12BrN5O2. The van der Waals surface area contributed by atoms with Crippen molar-refractivity contribution < 1.29 is 4.79 Å². The summed E-state index contributed by atoms with van der Waals surface area (Å²) in [7, 11) is 3.46. The minimum absolute atomic E-state index is 0.0834. The molecule has 0 fully saturated rings. The van der Waals surface area contributed by atoms with Crippen LogP contribution in [-0.2, 0) is 0 Å². The zero-order chi connectivity index (χ0) is 14.7. The maximum Gasteiger partial charge on any atom is 0.276 e. The Bertz CT molecular complexity index is 698. The molecule has 0 spiro atoms. The number of nitrogens with one attached hydrogen (secondary N) is 2. The maximum absolute atomic E-state index is 12.2. The molecule has 1 amide bonds. The summed E-state index contributed by atoms with van der Waals surface area (Å²) in [4.78, 5) is 36.1. The predicted octanol–water partition coefficient (Wildman–Crippen LogP) is 1.25. The summed E-state index contributed by atoms with van der Waals surface area (Å²) in [6, 6.07) is 3.39. The second-order valence-corrected chi connectivity index (χ2v) is 4.97. The third-order valence-electron chi connectivity index (χ3n) is 2.47. The molecule has 2 heterocycles. The number of amides is 1. The number of carbonyl (C=O) groups excluding carboxylic acids is 1. The number of pyridine rings is 1. The fraction of sp³-hybridized carbons (Fsp3) is 0.167. The van der Waals surface area contributed by atoms with E-state index >= 15 is 0 Å². The van der Waals surface area contributed by atoms with Crippen molar-refractivity contribution in [1.82, 2.24) is 15.0 Å². The van der Waals surface area contributed by atoms with Crippen molar-refractivity contribution in [3.8, 4) is 0 Å². The van der Waals surface area contributed by atoms with Crippen molar-refractivity contribution >= 4 is 33.3 Å². The normalized spacial score (nSPS) is 10.2. The number of nitrogens with zero attached hydrogens (tertiary/aromatic N) is 3. The van der Waals surface area contributed by atoms with Gasteiger partial charge in [0.05, 0.1) is 6.33 Å². The molecule has 0 aliphatic carbocycles. The third-order valence-corrected chi connectivity index (χ3v) is 3.11. The first-order valence-corrected chi connectivity index (χ1v) is 6.47. The average molecular weight is 338 g/mol. The van der Waals surface area contributed by atoms with Crippen LogP contribution in [0.3, 0.4) is 0 Å². The highest BCUT2D eigenvalue weighted by Crippen LogP contribution is 2.18. The maximum atomic E-state index is 12.2. The average Bonchev–Trinajstić information content (AvgIpc) is 2.41. The van der Waals surface area contributed by atoms with Gasteiger partial charge >= 0.3 is 0 Å². The minimum atomic E-state index is -0.487. The van der Waals surface area contributed by atoms with Gasteiger partial charge in [0, 0.05) is 24.8 Å². The lowest BCUT2D eigenvalue weighted by Crippen LogP contribution is -2.25. The number of rotatable bonds is 3. The molecule has 104 valence electrons. The van der Waals surface area contributed by atoms with E-state index in [0.717, 1.165) is 0 Å². The van der Waals surface area contributed by atoms with E-state index in [4.69, 9.17) is 0 Å². The lowest BCUT2D eigenvalue weighted by Gasteiger charge is -2.15. The second-order valence-electron chi connectivity index (χ2n) is 4.11. The summed E-state index contributed by atoms with van der Waals surface area (Å²) in [5, 5.41) is 2.54. The van der Waals surface area contributed by atoms with Crippen LogP contribution in [0.2, 0.25) is 0 Å². The number of hydrogen-bond donors (Lipinski definition) is 2. The number of halogens is 1. The van der Waals surface area contributed by atoms with Gasteiger partial charge in [-0.1, -0.05) is 0 Å². The summed E-state index contributed by atoms with van der Waals surface area (Å²) in [5.74, 6) is -0.117. The van der Waals surface area contributed by atoms with E-state index in [-0.39, 0.29) is 11.4 Å². The van der Waals surface area contributed by atoms with E-state index in [0.29, 0.717) is 10.3 Å². The van der Waals surface area contributed by atoms with E-state index < -0.39 is 11.5 Å². The van der Waals surface area contributed by atoms with Crippen molar-refractivity contribution in [2.75, 3.05) is 24.3 Å². The lowest BCUT2D eigenvalue weighted by molar-refractivity contribution is 0.102. The standard InChI is InChI=1S/C12H12BrN5O2/c1-18(2)10-9(11(19)16-6-15-10)17-12(20)8-7(13)4-3-5-14-8/h3-6H,1-2H3,(H,17,20)(H,15,16,19). The Morgan fingerprint density at radius 1 is 1.40 bits per heavy atom. The Hall–Kier alpha value is -2.22. The van der Waals surface area contributed by atoms with Crippen LogP contribution in [-0.4, -0.2) is 35.0 Å². The first-order valence-electron chi connectivity index (χ1n) is 5.67. The topological polar surface area (TPSA) is 91.0 Å². The van der Waals surface area contributed by atoms with Crippen molar-refractivity contribution in [3.63, 3.8) is 0 Å². The van der Waals surface area contributed by atoms with Gasteiger partial charge in [0.1, 0.15) is 5.69 Å². The van der Waals surface area contributed by atoms with E-state index in [9.17, 15) is 9.59 Å². The molecule has 0 bridgehead atoms. The fourth-order valence-corrected chi connectivity index (χ4v) is 2.00. The molecule has 0 saturated heterocycles. The summed E-state index contributed by atoms with van der Waals surface area (Å²) in [5.41, 5.74) is -0.149. The highest BCUT2D eigenvalue weighted by Gasteiger charge is 2.17. The number of aromatic amines is 1. The van der Waals surface area contributed by atoms with Crippen molar-refractivity contribution in [1.29, 1.82) is 0 Å². The van der Waals surface area contributed by atoms with Crippen LogP contribution in [0.15, 0.2) is 33.9 Å². The molecule has 0 unspecified atom stereocenters. The Morgan fingerprint density at radius 3 is 2.80 bits per heavy atom. The van der Waals surface area contributed by atoms with Crippen molar-refractivity contribution in [2.24, 2.45) is 0 Å². The van der Waals surface area contributed by atoms with Gasteiger partial charge in [0.2, 0.25) is 0 Å². The number of H-pyrrole nitrogens is 1. The third kappa shape index (κ3) is 2.85. The molecule has 0 aromatic carbocycles. The molecule has 7 nitrogen and oxygen atoms in total. The lowest BCUT2D eigenvalue weighted by atomic mass is 10.3. The van der Waals surface area contributed by atoms with Crippen LogP contribution in [0, 0.1) is 0 Å². The summed E-state index contributed by atoms with van der Waals surface area (Å²) in [6.07, 6.45) is 2.78. The smallest absolute Gasteiger partial charge is 0.276 e. The first kappa shape index (κ1) is 14.2. The Balaban J connectivity index is 2.38. The van der Waals surface area contributed by atoms with Crippen LogP contribution in [0.25, 0.3) is 0 Å². The number of aromatic nitrogens is 3. The molecule has 2 rings (SSSR count). The Morgan fingerprint density at radius 2 is 2.15 bits per heavy atom. The zero-order valence-electron chi connectivity index (χ0n) is 10.8. The summed E-state index contributed by atoms with van der Waals surface area (Å²) >= 11 is 3.24. The summed E-state index contributed by atoms with van der Waals surface area (Å²) in [6.45, 7) is 0. The van der Waals surface area contributed by atoms with Gasteiger partial charge in [-0.3, -0.25) is 9.59 Å².